The predicted octanol–water partition coefficient (Wildman–Crippen LogP) is 2.87. The minimum atomic E-state index is -0.360. The first-order chi connectivity index (χ1) is 9.31. The van der Waals surface area contributed by atoms with Gasteiger partial charge in [0.15, 0.2) is 0 Å². The molecule has 1 heterocycles. The van der Waals surface area contributed by atoms with Crippen molar-refractivity contribution in [2.24, 2.45) is 0 Å². The highest BCUT2D eigenvalue weighted by Gasteiger charge is 2.19. The van der Waals surface area contributed by atoms with Crippen LogP contribution in [0.25, 0.3) is 11.0 Å². The number of imidazole rings is 1. The Kier molecular flexibility index (Phi) is 3.99. The lowest BCUT2D eigenvalue weighted by Gasteiger charge is -2.14. The number of amides is 1. The molecule has 0 radical (unpaired) electrons. The standard InChI is InChI=1S/C14H17ClFN3O/c1-8-5-12-11(6-10(8)16)17-14(9(2)15)19(12)7-13(20)18(3)4/h5-6,9H,7H2,1-4H3. The molecular formula is C14H17ClFN3O. The van der Waals surface area contributed by atoms with Crippen molar-refractivity contribution in [2.45, 2.75) is 25.8 Å². The van der Waals surface area contributed by atoms with Gasteiger partial charge in [-0.05, 0) is 25.5 Å². The van der Waals surface area contributed by atoms with Crippen molar-refractivity contribution in [2.75, 3.05) is 14.1 Å². The van der Waals surface area contributed by atoms with Gasteiger partial charge in [0.1, 0.15) is 18.2 Å². The average Bonchev–Trinajstić information content (AvgIpc) is 2.68. The van der Waals surface area contributed by atoms with E-state index in [1.165, 1.54) is 11.0 Å². The highest BCUT2D eigenvalue weighted by molar-refractivity contribution is 6.20. The molecule has 4 nitrogen and oxygen atoms in total. The van der Waals surface area contributed by atoms with Crippen LogP contribution in [0, 0.1) is 12.7 Å². The number of carbonyl (C=O) groups is 1. The number of alkyl halides is 1. The Labute approximate surface area is 122 Å². The minimum absolute atomic E-state index is 0.0650. The van der Waals surface area contributed by atoms with Crippen LogP contribution in [0.5, 0.6) is 0 Å². The summed E-state index contributed by atoms with van der Waals surface area (Å²) in [5.41, 5.74) is 1.76. The van der Waals surface area contributed by atoms with Crippen LogP contribution < -0.4 is 0 Å². The van der Waals surface area contributed by atoms with E-state index in [4.69, 9.17) is 11.6 Å². The zero-order chi connectivity index (χ0) is 15.0. The van der Waals surface area contributed by atoms with E-state index in [2.05, 4.69) is 4.98 Å². The second kappa shape index (κ2) is 5.40. The number of aromatic nitrogens is 2. The fraction of sp³-hybridized carbons (Fsp3) is 0.429. The predicted molar refractivity (Wildman–Crippen MR) is 77.4 cm³/mol. The van der Waals surface area contributed by atoms with Gasteiger partial charge < -0.3 is 9.47 Å². The first-order valence-electron chi connectivity index (χ1n) is 6.31. The fourth-order valence-corrected chi connectivity index (χ4v) is 2.18. The summed E-state index contributed by atoms with van der Waals surface area (Å²) in [5, 5.41) is -0.360. The van der Waals surface area contributed by atoms with Crippen LogP contribution >= 0.6 is 11.6 Å². The van der Waals surface area contributed by atoms with E-state index in [9.17, 15) is 9.18 Å². The number of nitrogens with zero attached hydrogens (tertiary/aromatic N) is 3. The molecule has 20 heavy (non-hydrogen) atoms. The molecule has 2 aromatic rings. The van der Waals surface area contributed by atoms with Gasteiger partial charge in [0.25, 0.3) is 0 Å². The largest absolute Gasteiger partial charge is 0.347 e. The van der Waals surface area contributed by atoms with Crippen molar-refractivity contribution < 1.29 is 9.18 Å². The third kappa shape index (κ3) is 2.63. The number of carbonyl (C=O) groups excluding carboxylic acids is 1. The molecule has 1 aromatic heterocycles. The van der Waals surface area contributed by atoms with Gasteiger partial charge in [0, 0.05) is 20.2 Å². The topological polar surface area (TPSA) is 38.1 Å². The van der Waals surface area contributed by atoms with Crippen LogP contribution in [0.4, 0.5) is 4.39 Å². The van der Waals surface area contributed by atoms with Gasteiger partial charge in [-0.3, -0.25) is 4.79 Å². The molecule has 6 heteroatoms. The van der Waals surface area contributed by atoms with E-state index in [1.54, 1.807) is 38.6 Å². The summed E-state index contributed by atoms with van der Waals surface area (Å²) in [6.45, 7) is 3.60. The molecule has 0 aliphatic heterocycles. The molecule has 0 aliphatic carbocycles. The minimum Gasteiger partial charge on any atom is -0.347 e. The summed E-state index contributed by atoms with van der Waals surface area (Å²) in [7, 11) is 3.38. The number of benzene rings is 1. The zero-order valence-corrected chi connectivity index (χ0v) is 12.7. The Morgan fingerprint density at radius 3 is 2.70 bits per heavy atom. The molecular weight excluding hydrogens is 281 g/mol. The third-order valence-corrected chi connectivity index (χ3v) is 3.40. The van der Waals surface area contributed by atoms with Gasteiger partial charge in [-0.25, -0.2) is 9.37 Å². The number of rotatable bonds is 3. The normalized spacial score (nSPS) is 12.7. The van der Waals surface area contributed by atoms with E-state index in [1.807, 2.05) is 0 Å². The summed E-state index contributed by atoms with van der Waals surface area (Å²) < 4.78 is 15.4. The molecule has 0 fully saturated rings. The second-order valence-corrected chi connectivity index (χ2v) is 5.71. The van der Waals surface area contributed by atoms with Crippen molar-refractivity contribution in [3.05, 3.63) is 29.3 Å². The van der Waals surface area contributed by atoms with Gasteiger partial charge >= 0.3 is 0 Å². The van der Waals surface area contributed by atoms with E-state index in [0.717, 1.165) is 5.52 Å². The maximum absolute atomic E-state index is 13.6. The number of likely N-dealkylation sites (N-methyl/N-ethyl adjacent to an activating group) is 1. The van der Waals surface area contributed by atoms with Crippen molar-refractivity contribution in [1.82, 2.24) is 14.5 Å². The monoisotopic (exact) mass is 297 g/mol. The summed E-state index contributed by atoms with van der Waals surface area (Å²) in [6, 6.07) is 3.08. The smallest absolute Gasteiger partial charge is 0.242 e. The van der Waals surface area contributed by atoms with Gasteiger partial charge in [0.2, 0.25) is 5.91 Å². The molecule has 0 bridgehead atoms. The Bertz CT molecular complexity index is 664. The van der Waals surface area contributed by atoms with Gasteiger partial charge in [-0.2, -0.15) is 0 Å². The molecule has 1 aromatic carbocycles. The lowest BCUT2D eigenvalue weighted by molar-refractivity contribution is -0.129. The average molecular weight is 298 g/mol. The Hall–Kier alpha value is -1.62. The lowest BCUT2D eigenvalue weighted by Crippen LogP contribution is -2.27. The van der Waals surface area contributed by atoms with Gasteiger partial charge in [0.05, 0.1) is 16.4 Å². The van der Waals surface area contributed by atoms with E-state index >= 15 is 0 Å². The quantitative estimate of drug-likeness (QED) is 0.817. The molecule has 1 amide bonds. The molecule has 108 valence electrons. The molecule has 0 spiro atoms. The highest BCUT2D eigenvalue weighted by atomic mass is 35.5. The highest BCUT2D eigenvalue weighted by Crippen LogP contribution is 2.26. The van der Waals surface area contributed by atoms with Crippen molar-refractivity contribution in [3.63, 3.8) is 0 Å². The summed E-state index contributed by atoms with van der Waals surface area (Å²) in [4.78, 5) is 17.8. The van der Waals surface area contributed by atoms with Crippen molar-refractivity contribution in [3.8, 4) is 0 Å². The van der Waals surface area contributed by atoms with Crippen molar-refractivity contribution in [1.29, 1.82) is 0 Å². The molecule has 1 unspecified atom stereocenters. The van der Waals surface area contributed by atoms with E-state index in [-0.39, 0.29) is 23.6 Å². The van der Waals surface area contributed by atoms with Crippen LogP contribution in [0.1, 0.15) is 23.7 Å². The van der Waals surface area contributed by atoms with Crippen molar-refractivity contribution >= 4 is 28.5 Å². The molecule has 0 aliphatic rings. The first kappa shape index (κ1) is 14.8. The number of hydrogen-bond donors (Lipinski definition) is 0. The van der Waals surface area contributed by atoms with Crippen LogP contribution in [0.3, 0.4) is 0 Å². The zero-order valence-electron chi connectivity index (χ0n) is 11.9. The van der Waals surface area contributed by atoms with E-state index in [0.29, 0.717) is 16.9 Å². The molecule has 0 N–H and O–H groups in total. The summed E-state index contributed by atoms with van der Waals surface area (Å²) >= 11 is 6.12. The van der Waals surface area contributed by atoms with Gasteiger partial charge in [-0.15, -0.1) is 11.6 Å². The number of hydrogen-bond acceptors (Lipinski definition) is 2. The fourth-order valence-electron chi connectivity index (χ4n) is 2.02. The number of fused-ring (bicyclic) bond motifs is 1. The molecule has 2 rings (SSSR count). The van der Waals surface area contributed by atoms with Crippen LogP contribution in [-0.2, 0) is 11.3 Å². The maximum Gasteiger partial charge on any atom is 0.242 e. The summed E-state index contributed by atoms with van der Waals surface area (Å²) in [5.74, 6) is 0.196. The Morgan fingerprint density at radius 1 is 1.50 bits per heavy atom. The van der Waals surface area contributed by atoms with Crippen LogP contribution in [-0.4, -0.2) is 34.5 Å². The van der Waals surface area contributed by atoms with Gasteiger partial charge in [-0.1, -0.05) is 0 Å². The summed E-state index contributed by atoms with van der Waals surface area (Å²) in [6.07, 6.45) is 0. The third-order valence-electron chi connectivity index (χ3n) is 3.21. The second-order valence-electron chi connectivity index (χ2n) is 5.05. The lowest BCUT2D eigenvalue weighted by atomic mass is 10.2. The SMILES string of the molecule is Cc1cc2c(cc1F)nc(C(C)Cl)n2CC(=O)N(C)C. The Balaban J connectivity index is 2.62. The van der Waals surface area contributed by atoms with Crippen LogP contribution in [0.2, 0.25) is 0 Å². The van der Waals surface area contributed by atoms with E-state index < -0.39 is 0 Å². The maximum atomic E-state index is 13.6. The first-order valence-corrected chi connectivity index (χ1v) is 6.75. The number of aryl methyl sites for hydroxylation is 1. The molecule has 1 atom stereocenters. The molecule has 0 saturated heterocycles. The van der Waals surface area contributed by atoms with Crippen LogP contribution in [0.15, 0.2) is 12.1 Å². The number of halogens is 2. The molecule has 0 saturated carbocycles. The Morgan fingerprint density at radius 2 is 2.15 bits per heavy atom.